The smallest absolute Gasteiger partial charge is 0.308 e. The van der Waals surface area contributed by atoms with Gasteiger partial charge in [-0.05, 0) is 24.3 Å². The molecule has 2 heterocycles. The average Bonchev–Trinajstić information content (AvgIpc) is 3.12. The fourth-order valence-electron chi connectivity index (χ4n) is 2.69. The molecule has 4 rings (SSSR count). The molecule has 0 radical (unpaired) electrons. The van der Waals surface area contributed by atoms with Crippen LogP contribution in [0.5, 0.6) is 5.75 Å². The van der Waals surface area contributed by atoms with Gasteiger partial charge >= 0.3 is 5.97 Å². The van der Waals surface area contributed by atoms with E-state index in [9.17, 15) is 9.59 Å². The standard InChI is InChI=1S/C19H13N3O4/c1-12(23)26-14-7-8-15-17(9-14)25-10-16(18(15)24)19-21-20-11-22(19)13-5-3-2-4-6-13/h2-11H,1H3. The van der Waals surface area contributed by atoms with Crippen molar-refractivity contribution < 1.29 is 13.9 Å². The van der Waals surface area contributed by atoms with Crippen molar-refractivity contribution in [1.82, 2.24) is 14.8 Å². The van der Waals surface area contributed by atoms with Crippen LogP contribution in [0.4, 0.5) is 0 Å². The van der Waals surface area contributed by atoms with Gasteiger partial charge in [0.25, 0.3) is 0 Å². The summed E-state index contributed by atoms with van der Waals surface area (Å²) in [4.78, 5) is 24.0. The number of ether oxygens (including phenoxy) is 1. The van der Waals surface area contributed by atoms with Crippen LogP contribution in [-0.2, 0) is 4.79 Å². The molecule has 26 heavy (non-hydrogen) atoms. The molecule has 0 spiro atoms. The van der Waals surface area contributed by atoms with Gasteiger partial charge in [0.1, 0.15) is 29.5 Å². The van der Waals surface area contributed by atoms with E-state index < -0.39 is 5.97 Å². The van der Waals surface area contributed by atoms with Crippen LogP contribution >= 0.6 is 0 Å². The van der Waals surface area contributed by atoms with Gasteiger partial charge in [0.15, 0.2) is 5.82 Å². The van der Waals surface area contributed by atoms with E-state index in [1.165, 1.54) is 25.6 Å². The van der Waals surface area contributed by atoms with E-state index in [4.69, 9.17) is 9.15 Å². The number of carbonyl (C=O) groups excluding carboxylic acids is 1. The van der Waals surface area contributed by atoms with Crippen LogP contribution in [0.1, 0.15) is 6.92 Å². The molecule has 0 saturated heterocycles. The zero-order chi connectivity index (χ0) is 18.1. The molecular formula is C19H13N3O4. The number of fused-ring (bicyclic) bond motifs is 1. The van der Waals surface area contributed by atoms with Gasteiger partial charge in [-0.1, -0.05) is 18.2 Å². The first-order valence-electron chi connectivity index (χ1n) is 7.83. The maximum atomic E-state index is 12.9. The topological polar surface area (TPSA) is 87.2 Å². The van der Waals surface area contributed by atoms with Gasteiger partial charge in [-0.2, -0.15) is 0 Å². The van der Waals surface area contributed by atoms with Crippen molar-refractivity contribution in [3.63, 3.8) is 0 Å². The minimum atomic E-state index is -0.445. The Morgan fingerprint density at radius 3 is 2.73 bits per heavy atom. The first kappa shape index (κ1) is 15.8. The van der Waals surface area contributed by atoms with Gasteiger partial charge in [-0.25, -0.2) is 0 Å². The molecule has 0 aliphatic rings. The quantitative estimate of drug-likeness (QED) is 0.418. The number of esters is 1. The molecule has 0 aliphatic carbocycles. The molecular weight excluding hydrogens is 334 g/mol. The van der Waals surface area contributed by atoms with E-state index in [1.807, 2.05) is 30.3 Å². The molecule has 0 unspecified atom stereocenters. The average molecular weight is 347 g/mol. The number of para-hydroxylation sites is 1. The Balaban J connectivity index is 1.84. The third-order valence-corrected chi connectivity index (χ3v) is 3.83. The molecule has 4 aromatic rings. The number of nitrogens with zero attached hydrogens (tertiary/aromatic N) is 3. The van der Waals surface area contributed by atoms with Crippen LogP contribution in [0, 0.1) is 0 Å². The van der Waals surface area contributed by atoms with Gasteiger partial charge in [0.05, 0.1) is 5.39 Å². The highest BCUT2D eigenvalue weighted by molar-refractivity contribution is 5.82. The number of aromatic nitrogens is 3. The Morgan fingerprint density at radius 2 is 1.96 bits per heavy atom. The largest absolute Gasteiger partial charge is 0.463 e. The summed E-state index contributed by atoms with van der Waals surface area (Å²) in [5.41, 5.74) is 1.20. The highest BCUT2D eigenvalue weighted by Gasteiger charge is 2.16. The molecule has 7 nitrogen and oxygen atoms in total. The third-order valence-electron chi connectivity index (χ3n) is 3.83. The highest BCUT2D eigenvalue weighted by atomic mass is 16.5. The first-order valence-corrected chi connectivity index (χ1v) is 7.83. The maximum Gasteiger partial charge on any atom is 0.308 e. The van der Waals surface area contributed by atoms with E-state index in [0.717, 1.165) is 5.69 Å². The second-order valence-electron chi connectivity index (χ2n) is 5.59. The second kappa shape index (κ2) is 6.29. The van der Waals surface area contributed by atoms with Crippen molar-refractivity contribution in [1.29, 1.82) is 0 Å². The Bertz CT molecular complexity index is 1160. The molecule has 0 bridgehead atoms. The summed E-state index contributed by atoms with van der Waals surface area (Å²) < 4.78 is 12.3. The lowest BCUT2D eigenvalue weighted by molar-refractivity contribution is -0.131. The SMILES string of the molecule is CC(=O)Oc1ccc2c(=O)c(-c3nncn3-c3ccccc3)coc2c1. The zero-order valence-corrected chi connectivity index (χ0v) is 13.7. The van der Waals surface area contributed by atoms with E-state index in [0.29, 0.717) is 28.1 Å². The minimum absolute atomic E-state index is 0.245. The molecule has 0 N–H and O–H groups in total. The number of rotatable bonds is 3. The van der Waals surface area contributed by atoms with Crippen LogP contribution in [0.3, 0.4) is 0 Å². The van der Waals surface area contributed by atoms with Crippen LogP contribution in [-0.4, -0.2) is 20.7 Å². The van der Waals surface area contributed by atoms with Gasteiger partial charge < -0.3 is 9.15 Å². The number of carbonyl (C=O) groups is 1. The molecule has 0 saturated carbocycles. The molecule has 7 heteroatoms. The van der Waals surface area contributed by atoms with E-state index in [2.05, 4.69) is 10.2 Å². The summed E-state index contributed by atoms with van der Waals surface area (Å²) in [6.45, 7) is 1.31. The van der Waals surface area contributed by atoms with Gasteiger partial charge in [-0.15, -0.1) is 10.2 Å². The summed E-state index contributed by atoms with van der Waals surface area (Å²) in [6.07, 6.45) is 2.88. The predicted molar refractivity (Wildman–Crippen MR) is 94.1 cm³/mol. The Kier molecular flexibility index (Phi) is 3.81. The molecule has 2 aromatic carbocycles. The van der Waals surface area contributed by atoms with Crippen molar-refractivity contribution in [2.45, 2.75) is 6.92 Å². The van der Waals surface area contributed by atoms with Crippen molar-refractivity contribution in [2.24, 2.45) is 0 Å². The summed E-state index contributed by atoms with van der Waals surface area (Å²) in [5.74, 6) is 0.253. The van der Waals surface area contributed by atoms with Gasteiger partial charge in [-0.3, -0.25) is 14.2 Å². The Hall–Kier alpha value is -3.74. The lowest BCUT2D eigenvalue weighted by Crippen LogP contribution is -2.09. The van der Waals surface area contributed by atoms with Gasteiger partial charge in [0, 0.05) is 18.7 Å². The van der Waals surface area contributed by atoms with Crippen molar-refractivity contribution in [2.75, 3.05) is 0 Å². The lowest BCUT2D eigenvalue weighted by Gasteiger charge is -2.07. The van der Waals surface area contributed by atoms with Crippen LogP contribution < -0.4 is 10.2 Å². The normalized spacial score (nSPS) is 10.8. The Morgan fingerprint density at radius 1 is 1.15 bits per heavy atom. The van der Waals surface area contributed by atoms with Crippen LogP contribution in [0.15, 0.2) is 70.3 Å². The van der Waals surface area contributed by atoms with Crippen LogP contribution in [0.2, 0.25) is 0 Å². The number of hydrogen-bond acceptors (Lipinski definition) is 6. The molecule has 0 atom stereocenters. The monoisotopic (exact) mass is 347 g/mol. The maximum absolute atomic E-state index is 12.9. The number of benzene rings is 2. The Labute approximate surface area is 147 Å². The molecule has 128 valence electrons. The first-order chi connectivity index (χ1) is 12.6. The molecule has 2 aromatic heterocycles. The second-order valence-corrected chi connectivity index (χ2v) is 5.59. The summed E-state index contributed by atoms with van der Waals surface area (Å²) in [6, 6.07) is 14.1. The minimum Gasteiger partial charge on any atom is -0.463 e. The predicted octanol–water partition coefficient (Wildman–Crippen LogP) is 2.97. The van der Waals surface area contributed by atoms with Crippen molar-refractivity contribution >= 4 is 16.9 Å². The molecule has 0 amide bonds. The molecule has 0 aliphatic heterocycles. The van der Waals surface area contributed by atoms with Gasteiger partial charge in [0.2, 0.25) is 5.43 Å². The zero-order valence-electron chi connectivity index (χ0n) is 13.7. The lowest BCUT2D eigenvalue weighted by atomic mass is 10.1. The summed E-state index contributed by atoms with van der Waals surface area (Å²) in [5, 5.41) is 8.35. The molecule has 0 fully saturated rings. The summed E-state index contributed by atoms with van der Waals surface area (Å²) in [7, 11) is 0. The number of hydrogen-bond donors (Lipinski definition) is 0. The van der Waals surface area contributed by atoms with Crippen molar-refractivity contribution in [3.8, 4) is 22.8 Å². The van der Waals surface area contributed by atoms with E-state index in [1.54, 1.807) is 16.7 Å². The van der Waals surface area contributed by atoms with Crippen LogP contribution in [0.25, 0.3) is 28.0 Å². The van der Waals surface area contributed by atoms with E-state index >= 15 is 0 Å². The highest BCUT2D eigenvalue weighted by Crippen LogP contribution is 2.23. The van der Waals surface area contributed by atoms with Crippen molar-refractivity contribution in [3.05, 3.63) is 71.3 Å². The third kappa shape index (κ3) is 2.75. The van der Waals surface area contributed by atoms with E-state index in [-0.39, 0.29) is 5.43 Å². The summed E-state index contributed by atoms with van der Waals surface area (Å²) >= 11 is 0. The fraction of sp³-hybridized carbons (Fsp3) is 0.0526. The fourth-order valence-corrected chi connectivity index (χ4v) is 2.69.